The lowest BCUT2D eigenvalue weighted by Gasteiger charge is -2.49. The number of carbonyl (C=O) groups is 1. The number of hydrogen-bond donors (Lipinski definition) is 2. The average molecular weight is 242 g/mol. The quantitative estimate of drug-likeness (QED) is 0.768. The van der Waals surface area contributed by atoms with Crippen molar-refractivity contribution >= 4 is 5.97 Å². The zero-order chi connectivity index (χ0) is 13.1. The van der Waals surface area contributed by atoms with Crippen LogP contribution in [-0.2, 0) is 4.79 Å². The van der Waals surface area contributed by atoms with E-state index in [1.165, 1.54) is 0 Å². The third-order valence-electron chi connectivity index (χ3n) is 3.41. The van der Waals surface area contributed by atoms with Crippen molar-refractivity contribution in [3.05, 3.63) is 0 Å². The zero-order valence-electron chi connectivity index (χ0n) is 11.5. The van der Waals surface area contributed by atoms with Crippen LogP contribution in [0.4, 0.5) is 0 Å². The molecule has 100 valence electrons. The van der Waals surface area contributed by atoms with Crippen LogP contribution in [0.5, 0.6) is 0 Å². The Morgan fingerprint density at radius 2 is 2.18 bits per heavy atom. The number of carboxylic acid groups (broad SMARTS) is 1. The maximum Gasteiger partial charge on any atom is 0.303 e. The van der Waals surface area contributed by atoms with Gasteiger partial charge in [-0.3, -0.25) is 9.69 Å². The number of nitrogens with one attached hydrogen (secondary N) is 1. The highest BCUT2D eigenvalue weighted by Crippen LogP contribution is 2.24. The third kappa shape index (κ3) is 4.28. The molecule has 1 rings (SSSR count). The van der Waals surface area contributed by atoms with Gasteiger partial charge >= 0.3 is 5.97 Å². The monoisotopic (exact) mass is 242 g/mol. The Kier molecular flexibility index (Phi) is 4.95. The molecule has 2 N–H and O–H groups in total. The Morgan fingerprint density at radius 1 is 1.53 bits per heavy atom. The van der Waals surface area contributed by atoms with Gasteiger partial charge in [0.15, 0.2) is 0 Å². The lowest BCUT2D eigenvalue weighted by molar-refractivity contribution is -0.137. The molecule has 0 aromatic carbocycles. The van der Waals surface area contributed by atoms with Crippen molar-refractivity contribution in [1.29, 1.82) is 0 Å². The van der Waals surface area contributed by atoms with E-state index in [9.17, 15) is 4.79 Å². The summed E-state index contributed by atoms with van der Waals surface area (Å²) in [6.07, 6.45) is 0.996. The van der Waals surface area contributed by atoms with Crippen LogP contribution in [0, 0.1) is 5.92 Å². The second-order valence-corrected chi connectivity index (χ2v) is 6.08. The number of nitrogens with zero attached hydrogens (tertiary/aromatic N) is 1. The first-order chi connectivity index (χ1) is 7.83. The maximum atomic E-state index is 10.7. The summed E-state index contributed by atoms with van der Waals surface area (Å²) >= 11 is 0. The highest BCUT2D eigenvalue weighted by atomic mass is 16.4. The summed E-state index contributed by atoms with van der Waals surface area (Å²) in [6.45, 7) is 11.8. The molecule has 0 aliphatic carbocycles. The van der Waals surface area contributed by atoms with Crippen molar-refractivity contribution in [1.82, 2.24) is 10.2 Å². The molecule has 1 aliphatic rings. The summed E-state index contributed by atoms with van der Waals surface area (Å²) in [6, 6.07) is 0.345. The molecule has 1 aliphatic heterocycles. The molecule has 17 heavy (non-hydrogen) atoms. The van der Waals surface area contributed by atoms with Crippen molar-refractivity contribution in [3.8, 4) is 0 Å². The Balaban J connectivity index is 2.67. The van der Waals surface area contributed by atoms with Crippen molar-refractivity contribution in [2.75, 3.05) is 19.6 Å². The van der Waals surface area contributed by atoms with Gasteiger partial charge in [0.1, 0.15) is 0 Å². The molecule has 0 aromatic heterocycles. The van der Waals surface area contributed by atoms with Gasteiger partial charge in [0.05, 0.1) is 0 Å². The Morgan fingerprint density at radius 3 is 2.71 bits per heavy atom. The third-order valence-corrected chi connectivity index (χ3v) is 3.41. The summed E-state index contributed by atoms with van der Waals surface area (Å²) in [5.41, 5.74) is 0.117. The molecule has 0 aromatic rings. The molecule has 0 saturated carbocycles. The summed E-state index contributed by atoms with van der Waals surface area (Å²) in [4.78, 5) is 13.2. The van der Waals surface area contributed by atoms with Gasteiger partial charge in [-0.1, -0.05) is 13.8 Å². The van der Waals surface area contributed by atoms with E-state index >= 15 is 0 Å². The number of piperazine rings is 1. The van der Waals surface area contributed by atoms with Gasteiger partial charge < -0.3 is 10.4 Å². The van der Waals surface area contributed by atoms with Crippen LogP contribution in [0.25, 0.3) is 0 Å². The van der Waals surface area contributed by atoms with Crippen LogP contribution in [0.3, 0.4) is 0 Å². The molecule has 1 unspecified atom stereocenters. The van der Waals surface area contributed by atoms with E-state index in [0.29, 0.717) is 12.0 Å². The fourth-order valence-electron chi connectivity index (χ4n) is 2.59. The maximum absolute atomic E-state index is 10.7. The van der Waals surface area contributed by atoms with E-state index in [-0.39, 0.29) is 12.0 Å². The Labute approximate surface area is 104 Å². The van der Waals surface area contributed by atoms with Crippen molar-refractivity contribution < 1.29 is 9.90 Å². The fraction of sp³-hybridized carbons (Fsp3) is 0.923. The SMILES string of the molecule is CC(C)CN1C(CCC(=O)O)CNCC1(C)C. The number of rotatable bonds is 5. The van der Waals surface area contributed by atoms with Gasteiger partial charge in [0.2, 0.25) is 0 Å². The summed E-state index contributed by atoms with van der Waals surface area (Å²) < 4.78 is 0. The second-order valence-electron chi connectivity index (χ2n) is 6.08. The van der Waals surface area contributed by atoms with Crippen molar-refractivity contribution in [2.24, 2.45) is 5.92 Å². The standard InChI is InChI=1S/C13H26N2O2/c1-10(2)8-15-11(5-6-12(16)17)7-14-9-13(15,3)4/h10-11,14H,5-9H2,1-4H3,(H,16,17). The number of hydrogen-bond acceptors (Lipinski definition) is 3. The predicted octanol–water partition coefficient (Wildman–Crippen LogP) is 1.56. The minimum atomic E-state index is -0.696. The van der Waals surface area contributed by atoms with E-state index < -0.39 is 5.97 Å². The molecule has 0 spiro atoms. The average Bonchev–Trinajstić information content (AvgIpc) is 2.18. The molecule has 0 bridgehead atoms. The van der Waals surface area contributed by atoms with Crippen LogP contribution >= 0.6 is 0 Å². The van der Waals surface area contributed by atoms with Crippen LogP contribution in [0.1, 0.15) is 40.5 Å². The zero-order valence-corrected chi connectivity index (χ0v) is 11.5. The molecule has 0 radical (unpaired) electrons. The van der Waals surface area contributed by atoms with E-state index in [1.54, 1.807) is 0 Å². The Hall–Kier alpha value is -0.610. The molecule has 1 heterocycles. The molecule has 1 saturated heterocycles. The van der Waals surface area contributed by atoms with Gasteiger partial charge in [-0.15, -0.1) is 0 Å². The van der Waals surface area contributed by atoms with Crippen LogP contribution in [0.2, 0.25) is 0 Å². The first kappa shape index (κ1) is 14.5. The van der Waals surface area contributed by atoms with Crippen LogP contribution in [-0.4, -0.2) is 47.2 Å². The van der Waals surface area contributed by atoms with E-state index in [0.717, 1.165) is 26.1 Å². The normalized spacial score (nSPS) is 25.1. The van der Waals surface area contributed by atoms with Gasteiger partial charge in [0.25, 0.3) is 0 Å². The topological polar surface area (TPSA) is 52.6 Å². The van der Waals surface area contributed by atoms with Gasteiger partial charge in [0, 0.05) is 37.6 Å². The molecule has 4 nitrogen and oxygen atoms in total. The molecular formula is C13H26N2O2. The van der Waals surface area contributed by atoms with Crippen molar-refractivity contribution in [3.63, 3.8) is 0 Å². The summed E-state index contributed by atoms with van der Waals surface area (Å²) in [5, 5.41) is 12.2. The fourth-order valence-corrected chi connectivity index (χ4v) is 2.59. The molecule has 1 fully saturated rings. The molecular weight excluding hydrogens is 216 g/mol. The van der Waals surface area contributed by atoms with Gasteiger partial charge in [-0.2, -0.15) is 0 Å². The van der Waals surface area contributed by atoms with E-state index in [2.05, 4.69) is 37.9 Å². The first-order valence-electron chi connectivity index (χ1n) is 6.52. The van der Waals surface area contributed by atoms with Crippen LogP contribution < -0.4 is 5.32 Å². The largest absolute Gasteiger partial charge is 0.481 e. The predicted molar refractivity (Wildman–Crippen MR) is 69.2 cm³/mol. The minimum absolute atomic E-state index is 0.117. The second kappa shape index (κ2) is 5.83. The van der Waals surface area contributed by atoms with Crippen LogP contribution in [0.15, 0.2) is 0 Å². The van der Waals surface area contributed by atoms with E-state index in [4.69, 9.17) is 5.11 Å². The molecule has 4 heteroatoms. The Bertz CT molecular complexity index is 264. The van der Waals surface area contributed by atoms with Crippen molar-refractivity contribution in [2.45, 2.75) is 52.1 Å². The lowest BCUT2D eigenvalue weighted by Crippen LogP contribution is -2.63. The summed E-state index contributed by atoms with van der Waals surface area (Å²) in [5.74, 6) is -0.0856. The minimum Gasteiger partial charge on any atom is -0.481 e. The smallest absolute Gasteiger partial charge is 0.303 e. The lowest BCUT2D eigenvalue weighted by atomic mass is 9.92. The number of carboxylic acids is 1. The highest BCUT2D eigenvalue weighted by Gasteiger charge is 2.36. The summed E-state index contributed by atoms with van der Waals surface area (Å²) in [7, 11) is 0. The number of aliphatic carboxylic acids is 1. The molecule has 1 atom stereocenters. The van der Waals surface area contributed by atoms with Gasteiger partial charge in [-0.25, -0.2) is 0 Å². The molecule has 0 amide bonds. The van der Waals surface area contributed by atoms with Gasteiger partial charge in [-0.05, 0) is 26.2 Å². The first-order valence-corrected chi connectivity index (χ1v) is 6.52. The highest BCUT2D eigenvalue weighted by molar-refractivity contribution is 5.66. The van der Waals surface area contributed by atoms with E-state index in [1.807, 2.05) is 0 Å².